The van der Waals surface area contributed by atoms with E-state index in [4.69, 9.17) is 0 Å². The van der Waals surface area contributed by atoms with E-state index in [2.05, 4.69) is 0 Å². The van der Waals surface area contributed by atoms with Gasteiger partial charge in [0, 0.05) is 29.4 Å². The third kappa shape index (κ3) is 2.10. The molecule has 0 amide bonds. The monoisotopic (exact) mass is 250 g/mol. The zero-order valence-corrected chi connectivity index (χ0v) is 10.5. The predicted octanol–water partition coefficient (Wildman–Crippen LogP) is 3.37. The molecule has 2 aliphatic carbocycles. The molecular formula is C17H14O2. The Labute approximate surface area is 112 Å². The Kier molecular flexibility index (Phi) is 3.00. The predicted molar refractivity (Wildman–Crippen MR) is 74.1 cm³/mol. The summed E-state index contributed by atoms with van der Waals surface area (Å²) in [6, 6.07) is 7.11. The Balaban J connectivity index is 1.98. The molecule has 2 nitrogen and oxygen atoms in total. The van der Waals surface area contributed by atoms with Gasteiger partial charge in [-0.1, -0.05) is 60.7 Å². The van der Waals surface area contributed by atoms with Crippen LogP contribution in [-0.4, -0.2) is 11.6 Å². The molecule has 0 saturated carbocycles. The quantitative estimate of drug-likeness (QED) is 0.765. The third-order valence-electron chi connectivity index (χ3n) is 3.70. The first-order valence-electron chi connectivity index (χ1n) is 6.45. The van der Waals surface area contributed by atoms with Crippen molar-refractivity contribution in [3.63, 3.8) is 0 Å². The first kappa shape index (κ1) is 11.8. The van der Waals surface area contributed by atoms with E-state index in [-0.39, 0.29) is 23.4 Å². The van der Waals surface area contributed by atoms with Gasteiger partial charge in [0.15, 0.2) is 11.6 Å². The third-order valence-corrected chi connectivity index (χ3v) is 3.70. The van der Waals surface area contributed by atoms with Crippen LogP contribution in [0.3, 0.4) is 0 Å². The van der Waals surface area contributed by atoms with Crippen molar-refractivity contribution in [2.24, 2.45) is 11.8 Å². The molecule has 0 aromatic heterocycles. The number of carbonyl (C=O) groups is 2. The molecule has 94 valence electrons. The first-order valence-corrected chi connectivity index (χ1v) is 6.45. The Morgan fingerprint density at radius 1 is 0.842 bits per heavy atom. The Morgan fingerprint density at radius 3 is 2.16 bits per heavy atom. The summed E-state index contributed by atoms with van der Waals surface area (Å²) in [7, 11) is 0. The molecule has 2 aliphatic rings. The van der Waals surface area contributed by atoms with Crippen molar-refractivity contribution >= 4 is 11.6 Å². The van der Waals surface area contributed by atoms with Crippen LogP contribution in [0, 0.1) is 11.8 Å². The zero-order chi connectivity index (χ0) is 13.2. The number of hydrogen-bond donors (Lipinski definition) is 0. The number of carbonyl (C=O) groups excluding carboxylic acids is 2. The topological polar surface area (TPSA) is 34.1 Å². The van der Waals surface area contributed by atoms with Gasteiger partial charge >= 0.3 is 0 Å². The maximum atomic E-state index is 12.5. The van der Waals surface area contributed by atoms with Gasteiger partial charge < -0.3 is 0 Å². The smallest absolute Gasteiger partial charge is 0.168 e. The standard InChI is InChI=1S/C17H14O2/c18-16-11-15(12-7-3-1-2-4-8-12)17(19)14-10-6-5-9-13(14)16/h1-10,12,15H,11H2. The highest BCUT2D eigenvalue weighted by Gasteiger charge is 2.35. The van der Waals surface area contributed by atoms with Crippen LogP contribution in [0.25, 0.3) is 0 Å². The number of fused-ring (bicyclic) bond motifs is 1. The Morgan fingerprint density at radius 2 is 1.47 bits per heavy atom. The molecule has 0 heterocycles. The lowest BCUT2D eigenvalue weighted by Crippen LogP contribution is -2.31. The Bertz CT molecular complexity index is 604. The van der Waals surface area contributed by atoms with E-state index in [0.29, 0.717) is 17.5 Å². The lowest BCUT2D eigenvalue weighted by Gasteiger charge is -2.25. The summed E-state index contributed by atoms with van der Waals surface area (Å²) in [5.74, 6) is -0.120. The van der Waals surface area contributed by atoms with Gasteiger partial charge in [0.1, 0.15) is 0 Å². The fourth-order valence-corrected chi connectivity index (χ4v) is 2.70. The van der Waals surface area contributed by atoms with E-state index >= 15 is 0 Å². The van der Waals surface area contributed by atoms with Crippen LogP contribution >= 0.6 is 0 Å². The molecule has 19 heavy (non-hydrogen) atoms. The van der Waals surface area contributed by atoms with Crippen molar-refractivity contribution in [3.8, 4) is 0 Å². The van der Waals surface area contributed by atoms with E-state index in [9.17, 15) is 9.59 Å². The highest BCUT2D eigenvalue weighted by Crippen LogP contribution is 2.32. The van der Waals surface area contributed by atoms with Crippen molar-refractivity contribution < 1.29 is 9.59 Å². The molecule has 1 aromatic carbocycles. The molecule has 3 rings (SSSR count). The summed E-state index contributed by atoms with van der Waals surface area (Å²) in [4.78, 5) is 24.7. The van der Waals surface area contributed by atoms with E-state index in [1.54, 1.807) is 18.2 Å². The minimum atomic E-state index is -0.269. The van der Waals surface area contributed by atoms with Gasteiger partial charge in [0.05, 0.1) is 0 Å². The second-order valence-electron chi connectivity index (χ2n) is 4.88. The summed E-state index contributed by atoms with van der Waals surface area (Å²) in [6.07, 6.45) is 12.0. The lowest BCUT2D eigenvalue weighted by molar-refractivity contribution is 0.0805. The summed E-state index contributed by atoms with van der Waals surface area (Å²) < 4.78 is 0. The number of ketones is 2. The van der Waals surface area contributed by atoms with E-state index in [1.807, 2.05) is 42.5 Å². The number of hydrogen-bond acceptors (Lipinski definition) is 2. The average Bonchev–Trinajstić information content (AvgIpc) is 2.72. The van der Waals surface area contributed by atoms with Crippen LogP contribution in [0.15, 0.2) is 60.7 Å². The fraction of sp³-hybridized carbons (Fsp3) is 0.176. The summed E-state index contributed by atoms with van der Waals surface area (Å²) in [6.45, 7) is 0. The molecule has 1 atom stereocenters. The van der Waals surface area contributed by atoms with Gasteiger partial charge in [-0.15, -0.1) is 0 Å². The molecule has 0 aliphatic heterocycles. The maximum Gasteiger partial charge on any atom is 0.168 e. The number of allylic oxidation sites excluding steroid dienone is 6. The van der Waals surface area contributed by atoms with Crippen LogP contribution in [0.1, 0.15) is 27.1 Å². The van der Waals surface area contributed by atoms with Gasteiger partial charge in [-0.2, -0.15) is 0 Å². The van der Waals surface area contributed by atoms with E-state index in [1.165, 1.54) is 0 Å². The van der Waals surface area contributed by atoms with Crippen molar-refractivity contribution in [2.75, 3.05) is 0 Å². The van der Waals surface area contributed by atoms with E-state index in [0.717, 1.165) is 0 Å². The number of benzene rings is 1. The van der Waals surface area contributed by atoms with Crippen LogP contribution in [-0.2, 0) is 0 Å². The number of rotatable bonds is 1. The van der Waals surface area contributed by atoms with Crippen molar-refractivity contribution in [1.29, 1.82) is 0 Å². The molecule has 0 saturated heterocycles. The summed E-state index contributed by atoms with van der Waals surface area (Å²) in [5, 5.41) is 0. The van der Waals surface area contributed by atoms with Crippen molar-refractivity contribution in [2.45, 2.75) is 6.42 Å². The van der Waals surface area contributed by atoms with Crippen molar-refractivity contribution in [3.05, 3.63) is 71.8 Å². The van der Waals surface area contributed by atoms with E-state index < -0.39 is 0 Å². The molecule has 0 spiro atoms. The lowest BCUT2D eigenvalue weighted by atomic mass is 9.75. The van der Waals surface area contributed by atoms with Gasteiger partial charge in [-0.3, -0.25) is 9.59 Å². The highest BCUT2D eigenvalue weighted by atomic mass is 16.1. The fourth-order valence-electron chi connectivity index (χ4n) is 2.70. The van der Waals surface area contributed by atoms with Crippen LogP contribution < -0.4 is 0 Å². The maximum absolute atomic E-state index is 12.5. The molecule has 0 fully saturated rings. The minimum absolute atomic E-state index is 0.000180. The zero-order valence-electron chi connectivity index (χ0n) is 10.5. The normalized spacial score (nSPS) is 22.4. The van der Waals surface area contributed by atoms with Gasteiger partial charge in [-0.25, -0.2) is 0 Å². The van der Waals surface area contributed by atoms with Gasteiger partial charge in [0.25, 0.3) is 0 Å². The SMILES string of the molecule is O=C1CC(C2C=CC=CC=C2)C(=O)c2ccccc21. The van der Waals surface area contributed by atoms with Gasteiger partial charge in [0.2, 0.25) is 0 Å². The van der Waals surface area contributed by atoms with Crippen LogP contribution in [0.4, 0.5) is 0 Å². The summed E-state index contributed by atoms with van der Waals surface area (Å²) in [5.41, 5.74) is 1.14. The minimum Gasteiger partial charge on any atom is -0.294 e. The van der Waals surface area contributed by atoms with Crippen LogP contribution in [0.5, 0.6) is 0 Å². The molecule has 0 radical (unpaired) electrons. The Hall–Kier alpha value is -2.22. The van der Waals surface area contributed by atoms with Crippen molar-refractivity contribution in [1.82, 2.24) is 0 Å². The second-order valence-corrected chi connectivity index (χ2v) is 4.88. The molecule has 0 bridgehead atoms. The number of Topliss-reactive ketones (excluding diaryl/α,β-unsaturated/α-hetero) is 2. The highest BCUT2D eigenvalue weighted by molar-refractivity contribution is 6.15. The largest absolute Gasteiger partial charge is 0.294 e. The van der Waals surface area contributed by atoms with Gasteiger partial charge in [-0.05, 0) is 0 Å². The summed E-state index contributed by atoms with van der Waals surface area (Å²) >= 11 is 0. The average molecular weight is 250 g/mol. The molecule has 1 aromatic rings. The molecule has 2 heteroatoms. The molecular weight excluding hydrogens is 236 g/mol. The van der Waals surface area contributed by atoms with Crippen LogP contribution in [0.2, 0.25) is 0 Å². The first-order chi connectivity index (χ1) is 9.27. The second kappa shape index (κ2) is 4.81. The molecule has 1 unspecified atom stereocenters. The molecule has 0 N–H and O–H groups in total.